The van der Waals surface area contributed by atoms with Crippen molar-refractivity contribution in [2.75, 3.05) is 29.5 Å². The number of carbonyl (C=O) groups is 1. The molecular weight excluding hydrogens is 280 g/mol. The van der Waals surface area contributed by atoms with Crippen LogP contribution in [-0.2, 0) is 9.84 Å². The van der Waals surface area contributed by atoms with Gasteiger partial charge in [0.15, 0.2) is 21.5 Å². The maximum atomic E-state index is 13.2. The minimum absolute atomic E-state index is 0.00120. The van der Waals surface area contributed by atoms with Gasteiger partial charge in [-0.25, -0.2) is 22.0 Å². The molecule has 1 heterocycles. The van der Waals surface area contributed by atoms with Crippen LogP contribution in [0.15, 0.2) is 12.1 Å². The van der Waals surface area contributed by atoms with Crippen LogP contribution in [0, 0.1) is 11.6 Å². The van der Waals surface area contributed by atoms with E-state index in [1.807, 2.05) is 0 Å². The van der Waals surface area contributed by atoms with E-state index in [1.54, 1.807) is 0 Å². The molecule has 0 spiro atoms. The Labute approximate surface area is 108 Å². The number of halogens is 2. The summed E-state index contributed by atoms with van der Waals surface area (Å²) in [6.45, 7) is 0.126. The SMILES string of the molecule is O=C(O)c1cc(F)c(F)cc1N1CCS(=O)(=O)CC1. The van der Waals surface area contributed by atoms with Gasteiger partial charge in [0.2, 0.25) is 0 Å². The highest BCUT2D eigenvalue weighted by atomic mass is 32.2. The molecule has 1 saturated heterocycles. The molecular formula is C11H11F2NO4S. The fraction of sp³-hybridized carbons (Fsp3) is 0.364. The molecule has 1 fully saturated rings. The lowest BCUT2D eigenvalue weighted by Gasteiger charge is -2.29. The molecule has 0 bridgehead atoms. The van der Waals surface area contributed by atoms with Gasteiger partial charge in [-0.1, -0.05) is 0 Å². The maximum Gasteiger partial charge on any atom is 0.337 e. The number of carboxylic acids is 1. The van der Waals surface area contributed by atoms with E-state index in [1.165, 1.54) is 4.90 Å². The summed E-state index contributed by atoms with van der Waals surface area (Å²) in [6, 6.07) is 1.40. The molecule has 1 N–H and O–H groups in total. The molecule has 0 saturated carbocycles. The quantitative estimate of drug-likeness (QED) is 0.876. The third-order valence-electron chi connectivity index (χ3n) is 2.95. The van der Waals surface area contributed by atoms with Crippen molar-refractivity contribution in [1.82, 2.24) is 0 Å². The third kappa shape index (κ3) is 2.83. The summed E-state index contributed by atoms with van der Waals surface area (Å²) in [5.74, 6) is -4.06. The third-order valence-corrected chi connectivity index (χ3v) is 4.56. The molecule has 0 aliphatic carbocycles. The van der Waals surface area contributed by atoms with Crippen molar-refractivity contribution in [3.8, 4) is 0 Å². The highest BCUT2D eigenvalue weighted by molar-refractivity contribution is 7.91. The van der Waals surface area contributed by atoms with E-state index in [0.29, 0.717) is 6.07 Å². The average Bonchev–Trinajstić information content (AvgIpc) is 2.32. The van der Waals surface area contributed by atoms with Gasteiger partial charge < -0.3 is 10.0 Å². The number of aromatic carboxylic acids is 1. The minimum Gasteiger partial charge on any atom is -0.478 e. The minimum atomic E-state index is -3.13. The lowest BCUT2D eigenvalue weighted by Crippen LogP contribution is -2.41. The van der Waals surface area contributed by atoms with Crippen molar-refractivity contribution in [2.24, 2.45) is 0 Å². The predicted octanol–water partition coefficient (Wildman–Crippen LogP) is 0.898. The molecule has 1 aliphatic heterocycles. The molecule has 8 heteroatoms. The van der Waals surface area contributed by atoms with Crippen LogP contribution in [0.25, 0.3) is 0 Å². The smallest absolute Gasteiger partial charge is 0.337 e. The topological polar surface area (TPSA) is 74.7 Å². The van der Waals surface area contributed by atoms with Crippen LogP contribution in [0.1, 0.15) is 10.4 Å². The number of nitrogens with zero attached hydrogens (tertiary/aromatic N) is 1. The molecule has 0 atom stereocenters. The Bertz CT molecular complexity index is 616. The van der Waals surface area contributed by atoms with E-state index < -0.39 is 27.4 Å². The second-order valence-corrected chi connectivity index (χ2v) is 6.53. The van der Waals surface area contributed by atoms with Crippen LogP contribution in [0.4, 0.5) is 14.5 Å². The molecule has 0 radical (unpaired) electrons. The summed E-state index contributed by atoms with van der Waals surface area (Å²) in [6.07, 6.45) is 0. The number of hydrogen-bond donors (Lipinski definition) is 1. The summed E-state index contributed by atoms with van der Waals surface area (Å²) < 4.78 is 48.9. The number of carboxylic acid groups (broad SMARTS) is 1. The number of rotatable bonds is 2. The molecule has 1 aliphatic rings. The monoisotopic (exact) mass is 291 g/mol. The van der Waals surface area contributed by atoms with E-state index in [4.69, 9.17) is 5.11 Å². The lowest BCUT2D eigenvalue weighted by molar-refractivity contribution is 0.0697. The van der Waals surface area contributed by atoms with Crippen molar-refractivity contribution in [3.63, 3.8) is 0 Å². The van der Waals surface area contributed by atoms with Gasteiger partial charge in [-0.05, 0) is 6.07 Å². The molecule has 0 amide bonds. The van der Waals surface area contributed by atoms with Gasteiger partial charge in [-0.15, -0.1) is 0 Å². The van der Waals surface area contributed by atoms with Crippen molar-refractivity contribution in [3.05, 3.63) is 29.3 Å². The fourth-order valence-corrected chi connectivity index (χ4v) is 3.12. The highest BCUT2D eigenvalue weighted by Crippen LogP contribution is 2.25. The van der Waals surface area contributed by atoms with Gasteiger partial charge in [0.1, 0.15) is 0 Å². The van der Waals surface area contributed by atoms with E-state index in [0.717, 1.165) is 6.07 Å². The normalized spacial score (nSPS) is 18.3. The van der Waals surface area contributed by atoms with Crippen molar-refractivity contribution in [2.45, 2.75) is 0 Å². The summed E-state index contributed by atoms with van der Waals surface area (Å²) in [5.41, 5.74) is -0.375. The van der Waals surface area contributed by atoms with E-state index >= 15 is 0 Å². The molecule has 0 unspecified atom stereocenters. The predicted molar refractivity (Wildman–Crippen MR) is 64.2 cm³/mol. The summed E-state index contributed by atoms with van der Waals surface area (Å²) in [7, 11) is -3.13. The second kappa shape index (κ2) is 4.76. The van der Waals surface area contributed by atoms with E-state index in [9.17, 15) is 22.0 Å². The van der Waals surface area contributed by atoms with E-state index in [2.05, 4.69) is 0 Å². The molecule has 19 heavy (non-hydrogen) atoms. The maximum absolute atomic E-state index is 13.2. The van der Waals surface area contributed by atoms with Crippen LogP contribution in [0.5, 0.6) is 0 Å². The molecule has 1 aromatic rings. The highest BCUT2D eigenvalue weighted by Gasteiger charge is 2.26. The van der Waals surface area contributed by atoms with Crippen LogP contribution in [0.2, 0.25) is 0 Å². The first-order valence-electron chi connectivity index (χ1n) is 5.48. The zero-order valence-electron chi connectivity index (χ0n) is 9.77. The van der Waals surface area contributed by atoms with Gasteiger partial charge in [-0.3, -0.25) is 0 Å². The Morgan fingerprint density at radius 2 is 1.68 bits per heavy atom. The number of sulfone groups is 1. The van der Waals surface area contributed by atoms with Crippen molar-refractivity contribution < 1.29 is 27.1 Å². The molecule has 0 aromatic heterocycles. The Balaban J connectivity index is 2.39. The second-order valence-electron chi connectivity index (χ2n) is 4.23. The average molecular weight is 291 g/mol. The number of hydrogen-bond acceptors (Lipinski definition) is 4. The summed E-state index contributed by atoms with van der Waals surface area (Å²) >= 11 is 0. The van der Waals surface area contributed by atoms with Crippen LogP contribution in [0.3, 0.4) is 0 Å². The van der Waals surface area contributed by atoms with Gasteiger partial charge in [0, 0.05) is 19.2 Å². The summed E-state index contributed by atoms with van der Waals surface area (Å²) in [4.78, 5) is 12.5. The Kier molecular flexibility index (Phi) is 3.44. The first kappa shape index (κ1) is 13.7. The largest absolute Gasteiger partial charge is 0.478 e. The van der Waals surface area contributed by atoms with Crippen LogP contribution in [-0.4, -0.2) is 44.1 Å². The Morgan fingerprint density at radius 3 is 2.21 bits per heavy atom. The Morgan fingerprint density at radius 1 is 1.16 bits per heavy atom. The molecule has 1 aromatic carbocycles. The van der Waals surface area contributed by atoms with Gasteiger partial charge in [-0.2, -0.15) is 0 Å². The Hall–Kier alpha value is -1.70. The lowest BCUT2D eigenvalue weighted by atomic mass is 10.1. The number of benzene rings is 1. The van der Waals surface area contributed by atoms with Crippen LogP contribution >= 0.6 is 0 Å². The molecule has 104 valence electrons. The van der Waals surface area contributed by atoms with Crippen molar-refractivity contribution >= 4 is 21.5 Å². The van der Waals surface area contributed by atoms with Gasteiger partial charge in [0.05, 0.1) is 22.8 Å². The van der Waals surface area contributed by atoms with E-state index in [-0.39, 0.29) is 35.8 Å². The standard InChI is InChI=1S/C11H11F2NO4S/c12-8-5-7(11(15)16)10(6-9(8)13)14-1-3-19(17,18)4-2-14/h5-6H,1-4H2,(H,15,16). The zero-order valence-corrected chi connectivity index (χ0v) is 10.6. The zero-order chi connectivity index (χ0) is 14.2. The van der Waals surface area contributed by atoms with Crippen LogP contribution < -0.4 is 4.90 Å². The first-order valence-corrected chi connectivity index (χ1v) is 7.30. The summed E-state index contributed by atoms with van der Waals surface area (Å²) in [5, 5.41) is 8.98. The van der Waals surface area contributed by atoms with Gasteiger partial charge >= 0.3 is 5.97 Å². The van der Waals surface area contributed by atoms with Crippen molar-refractivity contribution in [1.29, 1.82) is 0 Å². The molecule has 5 nitrogen and oxygen atoms in total. The fourth-order valence-electron chi connectivity index (χ4n) is 1.92. The number of anilines is 1. The molecule has 2 rings (SSSR count). The van der Waals surface area contributed by atoms with Gasteiger partial charge in [0.25, 0.3) is 0 Å². The first-order chi connectivity index (χ1) is 8.80.